The van der Waals surface area contributed by atoms with Gasteiger partial charge in [0, 0.05) is 36.8 Å². The maximum absolute atomic E-state index is 12.4. The van der Waals surface area contributed by atoms with Crippen LogP contribution < -0.4 is 5.56 Å². The van der Waals surface area contributed by atoms with Gasteiger partial charge in [0.05, 0.1) is 11.7 Å². The maximum Gasteiger partial charge on any atom is 0.410 e. The number of nitrogens with zero attached hydrogens (tertiary/aromatic N) is 3. The maximum atomic E-state index is 12.4. The van der Waals surface area contributed by atoms with Crippen molar-refractivity contribution < 1.29 is 9.53 Å². The lowest BCUT2D eigenvalue weighted by molar-refractivity contribution is 0.0224. The van der Waals surface area contributed by atoms with Crippen molar-refractivity contribution in [1.82, 2.24) is 14.5 Å². The van der Waals surface area contributed by atoms with Crippen LogP contribution in [0.5, 0.6) is 0 Å². The first-order valence-electron chi connectivity index (χ1n) is 8.37. The molecule has 0 unspecified atom stereocenters. The lowest BCUT2D eigenvalue weighted by atomic mass is 10.2. The highest BCUT2D eigenvalue weighted by molar-refractivity contribution is 7.10. The van der Waals surface area contributed by atoms with Crippen molar-refractivity contribution >= 4 is 17.4 Å². The van der Waals surface area contributed by atoms with E-state index < -0.39 is 5.60 Å². The van der Waals surface area contributed by atoms with Gasteiger partial charge in [0.1, 0.15) is 10.6 Å². The van der Waals surface area contributed by atoms with Crippen LogP contribution in [0.25, 0.3) is 11.3 Å². The summed E-state index contributed by atoms with van der Waals surface area (Å²) in [6.45, 7) is 6.29. The largest absolute Gasteiger partial charge is 0.444 e. The number of aromatic nitrogens is 2. The highest BCUT2D eigenvalue weighted by atomic mass is 32.1. The van der Waals surface area contributed by atoms with E-state index in [-0.39, 0.29) is 17.7 Å². The molecule has 0 aliphatic carbocycles. The number of hydrogen-bond donors (Lipinski definition) is 0. The van der Waals surface area contributed by atoms with Gasteiger partial charge in [-0.2, -0.15) is 0 Å². The molecular weight excluding hydrogens is 338 g/mol. The molecule has 1 atom stereocenters. The van der Waals surface area contributed by atoms with Crippen LogP contribution in [-0.2, 0) is 11.8 Å². The minimum Gasteiger partial charge on any atom is -0.444 e. The molecule has 1 amide bonds. The van der Waals surface area contributed by atoms with E-state index in [2.05, 4.69) is 4.98 Å². The molecule has 6 nitrogen and oxygen atoms in total. The third-order valence-electron chi connectivity index (χ3n) is 4.09. The minimum atomic E-state index is -0.512. The summed E-state index contributed by atoms with van der Waals surface area (Å²) >= 11 is 1.52. The van der Waals surface area contributed by atoms with Gasteiger partial charge in [-0.15, -0.1) is 11.3 Å². The Labute approximate surface area is 151 Å². The van der Waals surface area contributed by atoms with Gasteiger partial charge in [0.15, 0.2) is 0 Å². The van der Waals surface area contributed by atoms with E-state index in [4.69, 9.17) is 4.74 Å². The first kappa shape index (κ1) is 17.7. The summed E-state index contributed by atoms with van der Waals surface area (Å²) in [5, 5.41) is 2.83. The first-order chi connectivity index (χ1) is 11.7. The molecular formula is C18H23N3O3S. The van der Waals surface area contributed by atoms with E-state index >= 15 is 0 Å². The standard InChI is InChI=1S/C18H23N3O3S/c1-18(2,3)24-17(23)21-8-5-6-14(21)16-19-13(11-25-16)12-7-9-20(4)15(22)10-12/h7,9-11,14H,5-6,8H2,1-4H3/t14-/m1/s1. The van der Waals surface area contributed by atoms with Crippen LogP contribution in [0.2, 0.25) is 0 Å². The molecule has 3 heterocycles. The summed E-state index contributed by atoms with van der Waals surface area (Å²) in [6.07, 6.45) is 3.26. The average molecular weight is 361 g/mol. The Morgan fingerprint density at radius 2 is 2.16 bits per heavy atom. The van der Waals surface area contributed by atoms with Crippen molar-refractivity contribution in [1.29, 1.82) is 0 Å². The normalized spacial score (nSPS) is 17.8. The Morgan fingerprint density at radius 3 is 2.84 bits per heavy atom. The van der Waals surface area contributed by atoms with Crippen LogP contribution >= 0.6 is 11.3 Å². The van der Waals surface area contributed by atoms with E-state index in [0.717, 1.165) is 29.1 Å². The molecule has 2 aromatic rings. The smallest absolute Gasteiger partial charge is 0.410 e. The number of likely N-dealkylation sites (tertiary alicyclic amines) is 1. The van der Waals surface area contributed by atoms with Gasteiger partial charge in [-0.05, 0) is 39.7 Å². The molecule has 1 aliphatic rings. The molecule has 0 spiro atoms. The molecule has 0 radical (unpaired) electrons. The zero-order valence-electron chi connectivity index (χ0n) is 15.0. The number of thiazole rings is 1. The Hall–Kier alpha value is -2.15. The molecule has 3 rings (SSSR count). The summed E-state index contributed by atoms with van der Waals surface area (Å²) in [6, 6.07) is 3.40. The number of carbonyl (C=O) groups is 1. The second kappa shape index (κ2) is 6.63. The molecule has 0 saturated carbocycles. The Bertz CT molecular complexity index is 835. The molecule has 1 fully saturated rings. The molecule has 1 aliphatic heterocycles. The highest BCUT2D eigenvalue weighted by Crippen LogP contribution is 2.36. The Morgan fingerprint density at radius 1 is 1.40 bits per heavy atom. The van der Waals surface area contributed by atoms with Crippen LogP contribution in [-0.4, -0.2) is 32.7 Å². The van der Waals surface area contributed by atoms with Gasteiger partial charge in [-0.25, -0.2) is 9.78 Å². The van der Waals surface area contributed by atoms with Crippen LogP contribution in [0.4, 0.5) is 4.79 Å². The number of ether oxygens (including phenoxy) is 1. The number of aryl methyl sites for hydroxylation is 1. The molecule has 1 saturated heterocycles. The lowest BCUT2D eigenvalue weighted by Crippen LogP contribution is -2.36. The fraction of sp³-hybridized carbons (Fsp3) is 0.500. The van der Waals surface area contributed by atoms with Crippen molar-refractivity contribution in [3.8, 4) is 11.3 Å². The number of pyridine rings is 1. The number of hydrogen-bond acceptors (Lipinski definition) is 5. The fourth-order valence-electron chi connectivity index (χ4n) is 2.84. The van der Waals surface area contributed by atoms with Crippen LogP contribution in [0.1, 0.15) is 44.7 Å². The Kier molecular flexibility index (Phi) is 4.69. The van der Waals surface area contributed by atoms with Crippen molar-refractivity contribution in [3.63, 3.8) is 0 Å². The van der Waals surface area contributed by atoms with Crippen LogP contribution in [0.15, 0.2) is 28.5 Å². The Balaban J connectivity index is 1.82. The van der Waals surface area contributed by atoms with Gasteiger partial charge in [0.2, 0.25) is 0 Å². The zero-order chi connectivity index (χ0) is 18.2. The lowest BCUT2D eigenvalue weighted by Gasteiger charge is -2.27. The topological polar surface area (TPSA) is 64.4 Å². The van der Waals surface area contributed by atoms with Gasteiger partial charge in [0.25, 0.3) is 5.56 Å². The molecule has 0 aromatic carbocycles. The van der Waals surface area contributed by atoms with Crippen LogP contribution in [0.3, 0.4) is 0 Å². The molecule has 25 heavy (non-hydrogen) atoms. The summed E-state index contributed by atoms with van der Waals surface area (Å²) in [5.41, 5.74) is 0.993. The van der Waals surface area contributed by atoms with Gasteiger partial charge in [-0.3, -0.25) is 9.69 Å². The second-order valence-electron chi connectivity index (χ2n) is 7.27. The molecule has 2 aromatic heterocycles. The molecule has 0 N–H and O–H groups in total. The predicted molar refractivity (Wildman–Crippen MR) is 97.7 cm³/mol. The van der Waals surface area contributed by atoms with Crippen molar-refractivity contribution in [2.45, 2.75) is 45.3 Å². The van der Waals surface area contributed by atoms with E-state index in [1.807, 2.05) is 32.2 Å². The quantitative estimate of drug-likeness (QED) is 0.820. The predicted octanol–water partition coefficient (Wildman–Crippen LogP) is 3.58. The highest BCUT2D eigenvalue weighted by Gasteiger charge is 2.34. The minimum absolute atomic E-state index is 0.0554. The van der Waals surface area contributed by atoms with Crippen molar-refractivity contribution in [3.05, 3.63) is 39.1 Å². The zero-order valence-corrected chi connectivity index (χ0v) is 15.8. The first-order valence-corrected chi connectivity index (χ1v) is 9.25. The monoisotopic (exact) mass is 361 g/mol. The van der Waals surface area contributed by atoms with Crippen molar-refractivity contribution in [2.24, 2.45) is 7.05 Å². The SMILES string of the molecule is Cn1ccc(-c2csc([C@H]3CCCN3C(=O)OC(C)(C)C)n2)cc1=O. The number of amides is 1. The van der Waals surface area contributed by atoms with Crippen LogP contribution in [0, 0.1) is 0 Å². The summed E-state index contributed by atoms with van der Waals surface area (Å²) in [4.78, 5) is 30.7. The fourth-order valence-corrected chi connectivity index (χ4v) is 3.82. The van der Waals surface area contributed by atoms with E-state index in [1.54, 1.807) is 24.2 Å². The number of rotatable bonds is 2. The van der Waals surface area contributed by atoms with Gasteiger partial charge >= 0.3 is 6.09 Å². The third-order valence-corrected chi connectivity index (χ3v) is 5.03. The third kappa shape index (κ3) is 3.92. The molecule has 0 bridgehead atoms. The summed E-state index contributed by atoms with van der Waals surface area (Å²) in [5.74, 6) is 0. The molecule has 134 valence electrons. The summed E-state index contributed by atoms with van der Waals surface area (Å²) < 4.78 is 7.04. The van der Waals surface area contributed by atoms with Gasteiger partial charge < -0.3 is 9.30 Å². The van der Waals surface area contributed by atoms with E-state index in [9.17, 15) is 9.59 Å². The average Bonchev–Trinajstić information content (AvgIpc) is 3.16. The molecule has 7 heteroatoms. The number of carbonyl (C=O) groups excluding carboxylic acids is 1. The van der Waals surface area contributed by atoms with Gasteiger partial charge in [-0.1, -0.05) is 0 Å². The van der Waals surface area contributed by atoms with E-state index in [0.29, 0.717) is 6.54 Å². The second-order valence-corrected chi connectivity index (χ2v) is 8.16. The summed E-state index contributed by atoms with van der Waals surface area (Å²) in [7, 11) is 1.72. The van der Waals surface area contributed by atoms with E-state index in [1.165, 1.54) is 15.9 Å². The van der Waals surface area contributed by atoms with Crippen molar-refractivity contribution in [2.75, 3.05) is 6.54 Å².